The molecule has 28 heavy (non-hydrogen) atoms. The van der Waals surface area contributed by atoms with Crippen molar-refractivity contribution >= 4 is 41.8 Å². The number of carbonyl (C=O) groups is 1. The van der Waals surface area contributed by atoms with E-state index in [-0.39, 0.29) is 42.8 Å². The number of fused-ring (bicyclic) bond motifs is 1. The van der Waals surface area contributed by atoms with Gasteiger partial charge in [0.25, 0.3) is 5.91 Å². The van der Waals surface area contributed by atoms with E-state index in [1.54, 1.807) is 18.5 Å². The predicted octanol–water partition coefficient (Wildman–Crippen LogP) is 3.60. The van der Waals surface area contributed by atoms with Crippen LogP contribution in [0.5, 0.6) is 0 Å². The molecular formula is C19H25Cl2N5O2. The molecule has 1 aliphatic heterocycles. The molecule has 1 saturated heterocycles. The van der Waals surface area contributed by atoms with E-state index in [4.69, 9.17) is 9.40 Å². The molecule has 1 fully saturated rings. The van der Waals surface area contributed by atoms with E-state index in [1.165, 1.54) is 0 Å². The maximum atomic E-state index is 13.0. The number of halogens is 2. The summed E-state index contributed by atoms with van der Waals surface area (Å²) in [5.74, 6) is 0.541. The number of furan rings is 1. The van der Waals surface area contributed by atoms with Gasteiger partial charge in [0.05, 0.1) is 23.4 Å². The Labute approximate surface area is 176 Å². The van der Waals surface area contributed by atoms with Crippen LogP contribution in [0, 0.1) is 0 Å². The van der Waals surface area contributed by atoms with Gasteiger partial charge in [-0.3, -0.25) is 4.79 Å². The number of nitrogens with one attached hydrogen (secondary N) is 2. The van der Waals surface area contributed by atoms with Gasteiger partial charge in [0.1, 0.15) is 5.69 Å². The summed E-state index contributed by atoms with van der Waals surface area (Å²) in [6.07, 6.45) is 5.39. The van der Waals surface area contributed by atoms with Crippen LogP contribution in [0.1, 0.15) is 43.1 Å². The Morgan fingerprint density at radius 3 is 2.86 bits per heavy atom. The van der Waals surface area contributed by atoms with Crippen molar-refractivity contribution in [2.24, 2.45) is 0 Å². The second-order valence-electron chi connectivity index (χ2n) is 6.97. The van der Waals surface area contributed by atoms with E-state index in [2.05, 4.69) is 15.7 Å². The van der Waals surface area contributed by atoms with Gasteiger partial charge in [-0.05, 0) is 51.4 Å². The largest absolute Gasteiger partial charge is 0.463 e. The molecule has 2 N–H and O–H groups in total. The smallest absolute Gasteiger partial charge is 0.252 e. The summed E-state index contributed by atoms with van der Waals surface area (Å²) >= 11 is 0. The van der Waals surface area contributed by atoms with Gasteiger partial charge in [0.2, 0.25) is 0 Å². The Hall–Kier alpha value is -2.09. The summed E-state index contributed by atoms with van der Waals surface area (Å²) in [7, 11) is 0. The first-order chi connectivity index (χ1) is 12.6. The third-order valence-corrected chi connectivity index (χ3v) is 4.71. The fraction of sp³-hybridized carbons (Fsp3) is 0.421. The molecular weight excluding hydrogens is 401 g/mol. The molecule has 1 amide bonds. The molecule has 7 nitrogen and oxygen atoms in total. The van der Waals surface area contributed by atoms with Crippen molar-refractivity contribution in [3.05, 3.63) is 36.2 Å². The zero-order chi connectivity index (χ0) is 18.1. The topological polar surface area (TPSA) is 85.0 Å². The molecule has 1 atom stereocenters. The minimum atomic E-state index is -0.0952. The Balaban J connectivity index is 0.00000140. The van der Waals surface area contributed by atoms with Crippen LogP contribution in [-0.4, -0.2) is 39.8 Å². The van der Waals surface area contributed by atoms with Crippen LogP contribution in [0.2, 0.25) is 0 Å². The third kappa shape index (κ3) is 4.32. The molecule has 0 bridgehead atoms. The van der Waals surface area contributed by atoms with Crippen molar-refractivity contribution in [2.45, 2.75) is 38.8 Å². The number of aromatic nitrogens is 3. The number of amides is 1. The van der Waals surface area contributed by atoms with Crippen LogP contribution in [-0.2, 0) is 0 Å². The van der Waals surface area contributed by atoms with Crippen LogP contribution in [0.25, 0.3) is 22.5 Å². The predicted molar refractivity (Wildman–Crippen MR) is 113 cm³/mol. The van der Waals surface area contributed by atoms with Crippen LogP contribution in [0.3, 0.4) is 0 Å². The molecule has 0 aliphatic carbocycles. The lowest BCUT2D eigenvalue weighted by molar-refractivity contribution is 0.0932. The molecule has 4 rings (SSSR count). The van der Waals surface area contributed by atoms with E-state index in [0.717, 1.165) is 31.3 Å². The first-order valence-corrected chi connectivity index (χ1v) is 9.07. The lowest BCUT2D eigenvalue weighted by Gasteiger charge is -2.24. The second kappa shape index (κ2) is 9.41. The van der Waals surface area contributed by atoms with Gasteiger partial charge in [-0.1, -0.05) is 0 Å². The Morgan fingerprint density at radius 1 is 1.39 bits per heavy atom. The highest BCUT2D eigenvalue weighted by molar-refractivity contribution is 6.06. The van der Waals surface area contributed by atoms with Crippen molar-refractivity contribution in [3.63, 3.8) is 0 Å². The maximum absolute atomic E-state index is 13.0. The molecule has 1 aliphatic rings. The quantitative estimate of drug-likeness (QED) is 0.666. The van der Waals surface area contributed by atoms with Gasteiger partial charge >= 0.3 is 0 Å². The first-order valence-electron chi connectivity index (χ1n) is 9.07. The molecule has 3 aromatic heterocycles. The van der Waals surface area contributed by atoms with Crippen molar-refractivity contribution in [1.82, 2.24) is 25.4 Å². The lowest BCUT2D eigenvalue weighted by atomic mass is 10.1. The van der Waals surface area contributed by atoms with E-state index >= 15 is 0 Å². The number of piperidine rings is 1. The fourth-order valence-electron chi connectivity index (χ4n) is 3.37. The van der Waals surface area contributed by atoms with E-state index in [9.17, 15) is 4.79 Å². The van der Waals surface area contributed by atoms with Crippen LogP contribution < -0.4 is 10.6 Å². The van der Waals surface area contributed by atoms with Crippen molar-refractivity contribution in [2.75, 3.05) is 13.1 Å². The molecule has 0 saturated carbocycles. The summed E-state index contributed by atoms with van der Waals surface area (Å²) in [6, 6.07) is 5.74. The molecule has 152 valence electrons. The minimum Gasteiger partial charge on any atom is -0.463 e. The van der Waals surface area contributed by atoms with Gasteiger partial charge in [-0.2, -0.15) is 5.10 Å². The normalized spacial score (nSPS) is 16.5. The number of hydrogen-bond donors (Lipinski definition) is 2. The average molecular weight is 426 g/mol. The third-order valence-electron chi connectivity index (χ3n) is 4.71. The summed E-state index contributed by atoms with van der Waals surface area (Å²) in [5, 5.41) is 11.7. The summed E-state index contributed by atoms with van der Waals surface area (Å²) in [6.45, 7) is 5.90. The SMILES string of the molecule is CC(C)n1ncc2c(C(=O)NC3CCCNC3)cc(-c3ccco3)nc21.Cl.Cl. The van der Waals surface area contributed by atoms with Crippen LogP contribution >= 0.6 is 24.8 Å². The summed E-state index contributed by atoms with van der Waals surface area (Å²) < 4.78 is 7.33. The number of pyridine rings is 1. The van der Waals surface area contributed by atoms with Crippen molar-refractivity contribution in [3.8, 4) is 11.5 Å². The highest BCUT2D eigenvalue weighted by atomic mass is 35.5. The van der Waals surface area contributed by atoms with Gasteiger partial charge in [-0.15, -0.1) is 24.8 Å². The Kier molecular flexibility index (Phi) is 7.46. The lowest BCUT2D eigenvalue weighted by Crippen LogP contribution is -2.45. The summed E-state index contributed by atoms with van der Waals surface area (Å²) in [5.41, 5.74) is 1.91. The average Bonchev–Trinajstić information content (AvgIpc) is 3.31. The minimum absolute atomic E-state index is 0. The van der Waals surface area contributed by atoms with E-state index < -0.39 is 0 Å². The van der Waals surface area contributed by atoms with Crippen molar-refractivity contribution < 1.29 is 9.21 Å². The Bertz CT molecular complexity index is 918. The van der Waals surface area contributed by atoms with Crippen LogP contribution in [0.15, 0.2) is 35.1 Å². The van der Waals surface area contributed by atoms with Gasteiger partial charge in [-0.25, -0.2) is 9.67 Å². The molecule has 0 spiro atoms. The Morgan fingerprint density at radius 2 is 2.21 bits per heavy atom. The van der Waals surface area contributed by atoms with E-state index in [0.29, 0.717) is 22.7 Å². The van der Waals surface area contributed by atoms with Crippen LogP contribution in [0.4, 0.5) is 0 Å². The molecule has 9 heteroatoms. The first kappa shape index (κ1) is 22.2. The fourth-order valence-corrected chi connectivity index (χ4v) is 3.37. The highest BCUT2D eigenvalue weighted by Crippen LogP contribution is 2.26. The maximum Gasteiger partial charge on any atom is 0.252 e. The zero-order valence-corrected chi connectivity index (χ0v) is 17.5. The summed E-state index contributed by atoms with van der Waals surface area (Å²) in [4.78, 5) is 17.7. The molecule has 3 aromatic rings. The molecule has 1 unspecified atom stereocenters. The molecule has 0 aromatic carbocycles. The van der Waals surface area contributed by atoms with Gasteiger partial charge in [0, 0.05) is 18.6 Å². The standard InChI is InChI=1S/C19H23N5O2.2ClH/c1-12(2)24-18-15(11-21-24)14(9-16(23-18)17-6-4-8-26-17)19(25)22-13-5-3-7-20-10-13;;/h4,6,8-9,11-13,20H,3,5,7,10H2,1-2H3,(H,22,25);2*1H. The van der Waals surface area contributed by atoms with Gasteiger partial charge in [0.15, 0.2) is 11.4 Å². The zero-order valence-electron chi connectivity index (χ0n) is 15.8. The number of rotatable bonds is 4. The van der Waals surface area contributed by atoms with Crippen molar-refractivity contribution in [1.29, 1.82) is 0 Å². The van der Waals surface area contributed by atoms with Gasteiger partial charge < -0.3 is 15.1 Å². The number of hydrogen-bond acceptors (Lipinski definition) is 5. The number of carbonyl (C=O) groups excluding carboxylic acids is 1. The molecule has 0 radical (unpaired) electrons. The second-order valence-corrected chi connectivity index (χ2v) is 6.97. The monoisotopic (exact) mass is 425 g/mol. The highest BCUT2D eigenvalue weighted by Gasteiger charge is 2.22. The molecule has 4 heterocycles. The van der Waals surface area contributed by atoms with E-state index in [1.807, 2.05) is 30.7 Å². The number of nitrogens with zero attached hydrogens (tertiary/aromatic N) is 3.